The van der Waals surface area contributed by atoms with Crippen LogP contribution in [0.2, 0.25) is 0 Å². The Morgan fingerprint density at radius 3 is 2.83 bits per heavy atom. The van der Waals surface area contributed by atoms with Crippen molar-refractivity contribution in [2.75, 3.05) is 31.8 Å². The summed E-state index contributed by atoms with van der Waals surface area (Å²) in [7, 11) is 0. The van der Waals surface area contributed by atoms with Crippen LogP contribution in [-0.4, -0.2) is 31.8 Å². The first-order valence-electron chi connectivity index (χ1n) is 6.43. The lowest BCUT2D eigenvalue weighted by Crippen LogP contribution is -2.21. The van der Waals surface area contributed by atoms with Gasteiger partial charge < -0.3 is 14.8 Å². The van der Waals surface area contributed by atoms with E-state index < -0.39 is 0 Å². The van der Waals surface area contributed by atoms with Crippen molar-refractivity contribution in [2.45, 2.75) is 19.4 Å². The van der Waals surface area contributed by atoms with E-state index in [2.05, 4.69) is 30.6 Å². The molecule has 1 unspecified atom stereocenters. The molecule has 1 aliphatic heterocycles. The summed E-state index contributed by atoms with van der Waals surface area (Å²) in [6.45, 7) is 4.69. The van der Waals surface area contributed by atoms with Gasteiger partial charge in [0.25, 0.3) is 0 Å². The van der Waals surface area contributed by atoms with Crippen molar-refractivity contribution in [3.8, 4) is 11.5 Å². The molecule has 0 aromatic heterocycles. The fraction of sp³-hybridized carbons (Fsp3) is 0.571. The van der Waals surface area contributed by atoms with Gasteiger partial charge >= 0.3 is 0 Å². The van der Waals surface area contributed by atoms with Gasteiger partial charge in [0, 0.05) is 24.8 Å². The van der Waals surface area contributed by atoms with Gasteiger partial charge in [-0.15, -0.1) is 0 Å². The van der Waals surface area contributed by atoms with Crippen LogP contribution in [0.4, 0.5) is 0 Å². The van der Waals surface area contributed by atoms with E-state index in [1.807, 2.05) is 17.8 Å². The van der Waals surface area contributed by atoms with Gasteiger partial charge in [0.05, 0.1) is 13.2 Å². The van der Waals surface area contributed by atoms with Crippen LogP contribution in [0.3, 0.4) is 0 Å². The molecule has 0 spiro atoms. The van der Waals surface area contributed by atoms with Crippen LogP contribution in [0.5, 0.6) is 11.5 Å². The van der Waals surface area contributed by atoms with E-state index >= 15 is 0 Å². The lowest BCUT2D eigenvalue weighted by atomic mass is 10.1. The molecule has 3 nitrogen and oxygen atoms in total. The van der Waals surface area contributed by atoms with E-state index in [0.717, 1.165) is 43.4 Å². The first kappa shape index (κ1) is 13.6. The molecule has 0 fully saturated rings. The number of hydrogen-bond donors (Lipinski definition) is 1. The van der Waals surface area contributed by atoms with Crippen LogP contribution in [-0.2, 0) is 0 Å². The molecule has 100 valence electrons. The van der Waals surface area contributed by atoms with Gasteiger partial charge in [-0.05, 0) is 30.9 Å². The van der Waals surface area contributed by atoms with Gasteiger partial charge in [0.2, 0.25) is 0 Å². The van der Waals surface area contributed by atoms with Crippen molar-refractivity contribution < 1.29 is 9.47 Å². The zero-order chi connectivity index (χ0) is 12.8. The van der Waals surface area contributed by atoms with E-state index in [1.54, 1.807) is 0 Å². The first-order chi connectivity index (χ1) is 8.81. The minimum absolute atomic E-state index is 0.342. The highest BCUT2D eigenvalue weighted by atomic mass is 32.2. The fourth-order valence-corrected chi connectivity index (χ4v) is 2.27. The average Bonchev–Trinajstić information content (AvgIpc) is 2.63. The molecule has 1 N–H and O–H groups in total. The van der Waals surface area contributed by atoms with Crippen LogP contribution in [0.15, 0.2) is 18.2 Å². The zero-order valence-electron chi connectivity index (χ0n) is 11.1. The second kappa shape index (κ2) is 6.90. The summed E-state index contributed by atoms with van der Waals surface area (Å²) in [4.78, 5) is 0. The molecule has 18 heavy (non-hydrogen) atoms. The normalized spacial score (nSPS) is 16.1. The van der Waals surface area contributed by atoms with Crippen LogP contribution >= 0.6 is 11.8 Å². The van der Waals surface area contributed by atoms with E-state index in [9.17, 15) is 0 Å². The van der Waals surface area contributed by atoms with Crippen molar-refractivity contribution in [1.82, 2.24) is 5.32 Å². The quantitative estimate of drug-likeness (QED) is 0.831. The van der Waals surface area contributed by atoms with Gasteiger partial charge in [-0.25, -0.2) is 0 Å². The SMILES string of the molecule is CSCCNC(C)c1ccc2c(c1)OCCCO2. The minimum atomic E-state index is 0.342. The number of hydrogen-bond acceptors (Lipinski definition) is 4. The third kappa shape index (κ3) is 3.56. The Balaban J connectivity index is 2.02. The van der Waals surface area contributed by atoms with Gasteiger partial charge in [-0.1, -0.05) is 6.07 Å². The highest BCUT2D eigenvalue weighted by molar-refractivity contribution is 7.98. The average molecular weight is 267 g/mol. The Hall–Kier alpha value is -0.870. The maximum absolute atomic E-state index is 5.71. The molecule has 0 aliphatic carbocycles. The number of nitrogens with one attached hydrogen (secondary N) is 1. The summed E-state index contributed by atoms with van der Waals surface area (Å²) in [5.41, 5.74) is 1.25. The van der Waals surface area contributed by atoms with E-state index in [0.29, 0.717) is 6.04 Å². The largest absolute Gasteiger partial charge is 0.490 e. The molecule has 1 heterocycles. The van der Waals surface area contributed by atoms with Gasteiger partial charge in [0.1, 0.15) is 0 Å². The van der Waals surface area contributed by atoms with E-state index in [4.69, 9.17) is 9.47 Å². The highest BCUT2D eigenvalue weighted by Crippen LogP contribution is 2.32. The molecular weight excluding hydrogens is 246 g/mol. The lowest BCUT2D eigenvalue weighted by molar-refractivity contribution is 0.297. The summed E-state index contributed by atoms with van der Waals surface area (Å²) < 4.78 is 11.3. The number of rotatable bonds is 5. The molecule has 0 bridgehead atoms. The molecule has 1 aromatic rings. The second-order valence-corrected chi connectivity index (χ2v) is 5.41. The van der Waals surface area contributed by atoms with Crippen molar-refractivity contribution in [2.24, 2.45) is 0 Å². The van der Waals surface area contributed by atoms with Gasteiger partial charge in [-0.2, -0.15) is 11.8 Å². The Morgan fingerprint density at radius 1 is 1.28 bits per heavy atom. The second-order valence-electron chi connectivity index (χ2n) is 4.43. The van der Waals surface area contributed by atoms with Gasteiger partial charge in [0.15, 0.2) is 11.5 Å². The number of thioether (sulfide) groups is 1. The molecule has 0 amide bonds. The smallest absolute Gasteiger partial charge is 0.161 e. The predicted octanol–water partition coefficient (Wildman–Crippen LogP) is 2.86. The van der Waals surface area contributed by atoms with Crippen molar-refractivity contribution in [1.29, 1.82) is 0 Å². The molecule has 1 aromatic carbocycles. The third-order valence-corrected chi connectivity index (χ3v) is 3.64. The van der Waals surface area contributed by atoms with E-state index in [1.165, 1.54) is 5.56 Å². The van der Waals surface area contributed by atoms with Crippen LogP contribution in [0, 0.1) is 0 Å². The first-order valence-corrected chi connectivity index (χ1v) is 7.82. The summed E-state index contributed by atoms with van der Waals surface area (Å²) in [5, 5.41) is 3.51. The zero-order valence-corrected chi connectivity index (χ0v) is 11.9. The molecule has 0 saturated heterocycles. The Kier molecular flexibility index (Phi) is 5.20. The molecular formula is C14H21NO2S. The topological polar surface area (TPSA) is 30.5 Å². The number of fused-ring (bicyclic) bond motifs is 1. The van der Waals surface area contributed by atoms with Crippen molar-refractivity contribution in [3.05, 3.63) is 23.8 Å². The summed E-state index contributed by atoms with van der Waals surface area (Å²) in [6, 6.07) is 6.57. The Labute approximate surface area is 113 Å². The number of ether oxygens (including phenoxy) is 2. The molecule has 0 radical (unpaired) electrons. The summed E-state index contributed by atoms with van der Waals surface area (Å²) in [6.07, 6.45) is 3.07. The van der Waals surface area contributed by atoms with Gasteiger partial charge in [-0.3, -0.25) is 0 Å². The summed E-state index contributed by atoms with van der Waals surface area (Å²) >= 11 is 1.86. The van der Waals surface area contributed by atoms with Crippen LogP contribution < -0.4 is 14.8 Å². The Morgan fingerprint density at radius 2 is 2.06 bits per heavy atom. The Bertz CT molecular complexity index is 384. The van der Waals surface area contributed by atoms with Crippen LogP contribution in [0.1, 0.15) is 24.9 Å². The molecule has 2 rings (SSSR count). The monoisotopic (exact) mass is 267 g/mol. The standard InChI is InChI=1S/C14H21NO2S/c1-11(15-6-9-18-2)12-4-5-13-14(10-12)17-8-3-7-16-13/h4-5,10-11,15H,3,6-9H2,1-2H3. The molecule has 4 heteroatoms. The minimum Gasteiger partial charge on any atom is -0.490 e. The predicted molar refractivity (Wildman–Crippen MR) is 76.8 cm³/mol. The molecule has 0 saturated carbocycles. The van der Waals surface area contributed by atoms with Crippen molar-refractivity contribution in [3.63, 3.8) is 0 Å². The fourth-order valence-electron chi connectivity index (χ4n) is 1.94. The lowest BCUT2D eigenvalue weighted by Gasteiger charge is -2.16. The molecule has 1 atom stereocenters. The maximum Gasteiger partial charge on any atom is 0.161 e. The van der Waals surface area contributed by atoms with Crippen LogP contribution in [0.25, 0.3) is 0 Å². The van der Waals surface area contributed by atoms with E-state index in [-0.39, 0.29) is 0 Å². The molecule has 1 aliphatic rings. The highest BCUT2D eigenvalue weighted by Gasteiger charge is 2.13. The summed E-state index contributed by atoms with van der Waals surface area (Å²) in [5.74, 6) is 2.88. The maximum atomic E-state index is 5.71. The van der Waals surface area contributed by atoms with Crippen molar-refractivity contribution >= 4 is 11.8 Å². The third-order valence-electron chi connectivity index (χ3n) is 3.03. The number of benzene rings is 1.